The second-order valence-electron chi connectivity index (χ2n) is 18.1. The lowest BCUT2D eigenvalue weighted by molar-refractivity contribution is -0.144. The van der Waals surface area contributed by atoms with Crippen molar-refractivity contribution in [2.45, 2.75) is 84.8 Å². The molecule has 0 radical (unpaired) electrons. The predicted molar refractivity (Wildman–Crippen MR) is 249 cm³/mol. The highest BCUT2D eigenvalue weighted by Crippen LogP contribution is 2.26. The standard InChI is InChI=1S/C32H39N5O6.C15H29N3O3.CH4/c1-20-7-12-35(13-8-20)29(38)27(19-22-17-21(2)28-26(18-22)42-31(40)34-28)43-32(41)36-14-10-24(11-15-36)37-16-9-23-5-3-4-6-25(23)33-30(37)39;1-16-6-8-18(9-7-16)5-3-15(19)21-12-2-4-17-10-13-20-14-11-17;/h3-6,17-18,20,24,27H,7-16,19H2,1-2H3,(H,33,39)(H,34,40);2-14H2,1H3;1H4/t27-;;/m1../s1. The van der Waals surface area contributed by atoms with Gasteiger partial charge in [-0.15, -0.1) is 0 Å². The average Bonchev–Trinajstić information content (AvgIpc) is 3.60. The van der Waals surface area contributed by atoms with E-state index in [-0.39, 0.29) is 37.8 Å². The first kappa shape index (κ1) is 49.5. The summed E-state index contributed by atoms with van der Waals surface area (Å²) in [7, 11) is 2.14. The number of hydrogen-bond acceptors (Lipinski definition) is 12. The van der Waals surface area contributed by atoms with Gasteiger partial charge in [-0.05, 0) is 87.2 Å². The summed E-state index contributed by atoms with van der Waals surface area (Å²) < 4.78 is 21.9. The van der Waals surface area contributed by atoms with Crippen LogP contribution in [0.3, 0.4) is 0 Å². The van der Waals surface area contributed by atoms with Gasteiger partial charge in [0, 0.05) is 103 Å². The highest BCUT2D eigenvalue weighted by Gasteiger charge is 2.35. The maximum absolute atomic E-state index is 13.7. The number of carbonyl (C=O) groups excluding carboxylic acids is 4. The van der Waals surface area contributed by atoms with Gasteiger partial charge in [-0.2, -0.15) is 0 Å². The lowest BCUT2D eigenvalue weighted by Gasteiger charge is -2.38. The monoisotopic (exact) mass is 905 g/mol. The van der Waals surface area contributed by atoms with E-state index in [1.54, 1.807) is 15.9 Å². The van der Waals surface area contributed by atoms with Gasteiger partial charge in [0.05, 0.1) is 31.8 Å². The molecule has 2 aromatic carbocycles. The Bertz CT molecular complexity index is 2080. The number of rotatable bonds is 12. The molecule has 358 valence electrons. The average molecular weight is 905 g/mol. The largest absolute Gasteiger partial charge is 0.466 e. The van der Waals surface area contributed by atoms with Gasteiger partial charge in [-0.1, -0.05) is 38.6 Å². The van der Waals surface area contributed by atoms with Crippen molar-refractivity contribution in [3.8, 4) is 0 Å². The van der Waals surface area contributed by atoms with Gasteiger partial charge in [0.15, 0.2) is 11.7 Å². The van der Waals surface area contributed by atoms with Crippen molar-refractivity contribution in [3.05, 3.63) is 63.6 Å². The summed E-state index contributed by atoms with van der Waals surface area (Å²) >= 11 is 0. The van der Waals surface area contributed by atoms with Crippen LogP contribution in [-0.2, 0) is 36.6 Å². The molecule has 3 aromatic rings. The Morgan fingerprint density at radius 2 is 1.54 bits per heavy atom. The molecule has 0 aliphatic carbocycles. The number of aromatic amines is 1. The van der Waals surface area contributed by atoms with Gasteiger partial charge >= 0.3 is 23.8 Å². The van der Waals surface area contributed by atoms with E-state index in [0.717, 1.165) is 114 Å². The first-order valence-corrected chi connectivity index (χ1v) is 23.4. The van der Waals surface area contributed by atoms with E-state index in [9.17, 15) is 24.0 Å². The van der Waals surface area contributed by atoms with Crippen molar-refractivity contribution in [3.63, 3.8) is 0 Å². The Kier molecular flexibility index (Phi) is 18.3. The lowest BCUT2D eigenvalue weighted by Crippen LogP contribution is -2.51. The maximum Gasteiger partial charge on any atom is 0.417 e. The summed E-state index contributed by atoms with van der Waals surface area (Å²) in [4.78, 5) is 78.6. The Balaban J connectivity index is 0.000000268. The van der Waals surface area contributed by atoms with Crippen LogP contribution in [0, 0.1) is 12.8 Å². The number of benzene rings is 2. The van der Waals surface area contributed by atoms with Gasteiger partial charge in [-0.3, -0.25) is 19.5 Å². The molecule has 65 heavy (non-hydrogen) atoms. The molecule has 0 spiro atoms. The molecule has 17 heteroatoms. The third-order valence-corrected chi connectivity index (χ3v) is 13.3. The van der Waals surface area contributed by atoms with E-state index in [2.05, 4.69) is 39.0 Å². The number of hydrogen-bond donors (Lipinski definition) is 2. The molecule has 0 bridgehead atoms. The molecule has 5 aliphatic rings. The van der Waals surface area contributed by atoms with Gasteiger partial charge in [0.25, 0.3) is 5.91 Å². The normalized spacial score (nSPS) is 19.9. The number of piperidine rings is 2. The van der Waals surface area contributed by atoms with Crippen LogP contribution in [0.15, 0.2) is 45.6 Å². The number of anilines is 1. The number of nitrogens with zero attached hydrogens (tertiary/aromatic N) is 6. The minimum absolute atomic E-state index is 0. The van der Waals surface area contributed by atoms with Crippen LogP contribution in [0.2, 0.25) is 0 Å². The van der Waals surface area contributed by atoms with Crippen molar-refractivity contribution in [1.82, 2.24) is 34.4 Å². The van der Waals surface area contributed by atoms with E-state index in [4.69, 9.17) is 18.6 Å². The molecule has 6 heterocycles. The van der Waals surface area contributed by atoms with E-state index >= 15 is 0 Å². The zero-order valence-corrected chi connectivity index (χ0v) is 38.0. The smallest absolute Gasteiger partial charge is 0.417 e. The molecule has 17 nitrogen and oxygen atoms in total. The molecule has 4 fully saturated rings. The summed E-state index contributed by atoms with van der Waals surface area (Å²) in [6.45, 7) is 17.1. The minimum Gasteiger partial charge on any atom is -0.466 e. The Labute approximate surface area is 383 Å². The first-order valence-electron chi connectivity index (χ1n) is 23.4. The number of aryl methyl sites for hydroxylation is 1. The molecule has 4 amide bonds. The van der Waals surface area contributed by atoms with Crippen LogP contribution in [0.4, 0.5) is 15.3 Å². The molecule has 0 unspecified atom stereocenters. The Morgan fingerprint density at radius 3 is 2.28 bits per heavy atom. The number of para-hydroxylation sites is 1. The van der Waals surface area contributed by atoms with Gasteiger partial charge in [0.2, 0.25) is 0 Å². The summed E-state index contributed by atoms with van der Waals surface area (Å²) in [6, 6.07) is 11.4. The second-order valence-corrected chi connectivity index (χ2v) is 18.1. The number of aromatic nitrogens is 1. The fourth-order valence-electron chi connectivity index (χ4n) is 9.23. The molecule has 5 aliphatic heterocycles. The fourth-order valence-corrected chi connectivity index (χ4v) is 9.23. The molecule has 4 saturated heterocycles. The van der Waals surface area contributed by atoms with Gasteiger partial charge in [0.1, 0.15) is 0 Å². The Hall–Kier alpha value is -4.97. The first-order chi connectivity index (χ1) is 31.0. The lowest BCUT2D eigenvalue weighted by atomic mass is 9.98. The topological polar surface area (TPSA) is 173 Å². The fraction of sp³-hybridized carbons (Fsp3) is 0.646. The maximum atomic E-state index is 13.7. The van der Waals surface area contributed by atoms with Crippen molar-refractivity contribution in [2.75, 3.05) is 117 Å². The van der Waals surface area contributed by atoms with Gasteiger partial charge < -0.3 is 48.4 Å². The minimum atomic E-state index is -1.00. The van der Waals surface area contributed by atoms with Crippen LogP contribution in [0.5, 0.6) is 0 Å². The van der Waals surface area contributed by atoms with E-state index in [1.807, 2.05) is 42.2 Å². The van der Waals surface area contributed by atoms with E-state index < -0.39 is 18.0 Å². The molecular formula is C48H72N8O9. The number of oxazole rings is 1. The molecule has 2 N–H and O–H groups in total. The van der Waals surface area contributed by atoms with E-state index in [0.29, 0.717) is 75.6 Å². The zero-order valence-electron chi connectivity index (χ0n) is 38.0. The predicted octanol–water partition coefficient (Wildman–Crippen LogP) is 4.82. The number of carbonyl (C=O) groups is 4. The SMILES string of the molecule is C.CN1CCN(CCC(=O)OCCCN2CCOCC2)CC1.Cc1cc(C[C@@H](OC(=O)N2CCC(N3CCc4ccccc4NC3=O)CC2)C(=O)N2CCC(C)CC2)cc2oc(=O)[nH]c12. The van der Waals surface area contributed by atoms with Crippen molar-refractivity contribution in [2.24, 2.45) is 5.92 Å². The van der Waals surface area contributed by atoms with Crippen LogP contribution in [0.1, 0.15) is 69.6 Å². The summed E-state index contributed by atoms with van der Waals surface area (Å²) in [6.07, 6.45) is 3.93. The van der Waals surface area contributed by atoms with Crippen LogP contribution < -0.4 is 11.1 Å². The van der Waals surface area contributed by atoms with E-state index in [1.165, 1.54) is 0 Å². The number of fused-ring (bicyclic) bond motifs is 2. The number of piperazine rings is 1. The summed E-state index contributed by atoms with van der Waals surface area (Å²) in [5.74, 6) is -0.254. The number of H-pyrrole nitrogens is 1. The number of likely N-dealkylation sites (N-methyl/N-ethyl adjacent to an activating group) is 1. The van der Waals surface area contributed by atoms with Crippen molar-refractivity contribution >= 4 is 40.8 Å². The van der Waals surface area contributed by atoms with Crippen LogP contribution in [0.25, 0.3) is 11.1 Å². The molecule has 1 aromatic heterocycles. The number of amides is 4. The molecule has 1 atom stereocenters. The van der Waals surface area contributed by atoms with Crippen LogP contribution in [-0.4, -0.2) is 182 Å². The highest BCUT2D eigenvalue weighted by atomic mass is 16.6. The van der Waals surface area contributed by atoms with Crippen molar-refractivity contribution < 1.29 is 37.8 Å². The third kappa shape index (κ3) is 14.0. The number of morpholine rings is 1. The highest BCUT2D eigenvalue weighted by molar-refractivity contribution is 5.91. The zero-order chi connectivity index (χ0) is 45.0. The number of urea groups is 1. The summed E-state index contributed by atoms with van der Waals surface area (Å²) in [5.41, 5.74) is 4.55. The second kappa shape index (κ2) is 24.0. The summed E-state index contributed by atoms with van der Waals surface area (Å²) in [5, 5.41) is 3.03. The molecule has 8 rings (SSSR count). The van der Waals surface area contributed by atoms with Gasteiger partial charge in [-0.25, -0.2) is 14.4 Å². The number of esters is 1. The van der Waals surface area contributed by atoms with Crippen LogP contribution >= 0.6 is 0 Å². The number of likely N-dealkylation sites (tertiary alicyclic amines) is 2. The quantitative estimate of drug-likeness (QED) is 0.188. The number of nitrogens with one attached hydrogen (secondary N) is 2. The third-order valence-electron chi connectivity index (χ3n) is 13.3. The van der Waals surface area contributed by atoms with Crippen molar-refractivity contribution in [1.29, 1.82) is 0 Å². The molecular weight excluding hydrogens is 833 g/mol. The molecule has 0 saturated carbocycles. The number of ether oxygens (including phenoxy) is 3. The Morgan fingerprint density at radius 1 is 0.846 bits per heavy atom.